The number of carbonyl (C=O) groups excluding carboxylic acids is 1. The van der Waals surface area contributed by atoms with Crippen LogP contribution in [0.25, 0.3) is 0 Å². The van der Waals surface area contributed by atoms with Gasteiger partial charge in [-0.25, -0.2) is 0 Å². The molecule has 0 unspecified atom stereocenters. The first-order chi connectivity index (χ1) is 6.50. The lowest BCUT2D eigenvalue weighted by molar-refractivity contribution is 0.101. The molecule has 0 aromatic heterocycles. The molecular formula is C11H13BrOS. The smallest absolute Gasteiger partial charge is 0.160 e. The molecule has 0 fully saturated rings. The van der Waals surface area contributed by atoms with Crippen molar-refractivity contribution in [1.29, 1.82) is 0 Å². The summed E-state index contributed by atoms with van der Waals surface area (Å²) in [6.45, 7) is 5.85. The molecule has 0 aliphatic carbocycles. The summed E-state index contributed by atoms with van der Waals surface area (Å²) < 4.78 is 0.954. The fraction of sp³-hybridized carbons (Fsp3) is 0.364. The van der Waals surface area contributed by atoms with Crippen LogP contribution < -0.4 is 0 Å². The highest BCUT2D eigenvalue weighted by Gasteiger charge is 2.09. The van der Waals surface area contributed by atoms with Gasteiger partial charge >= 0.3 is 0 Å². The maximum absolute atomic E-state index is 11.4. The van der Waals surface area contributed by atoms with Crippen molar-refractivity contribution in [2.24, 2.45) is 0 Å². The normalized spacial score (nSPS) is 10.6. The zero-order chi connectivity index (χ0) is 10.7. The second-order valence-electron chi connectivity index (χ2n) is 3.36. The van der Waals surface area contributed by atoms with E-state index in [9.17, 15) is 4.79 Å². The molecule has 0 atom stereocenters. The Bertz CT molecular complexity index is 347. The number of benzene rings is 1. The van der Waals surface area contributed by atoms with Crippen LogP contribution in [0.3, 0.4) is 0 Å². The fourth-order valence-corrected chi connectivity index (χ4v) is 2.48. The summed E-state index contributed by atoms with van der Waals surface area (Å²) in [5, 5.41) is 0.495. The SMILES string of the molecule is CC(=O)c1cc(Br)ccc1SC(C)C. The minimum absolute atomic E-state index is 0.120. The summed E-state index contributed by atoms with van der Waals surface area (Å²) in [5.74, 6) is 0.120. The number of thioether (sulfide) groups is 1. The monoisotopic (exact) mass is 272 g/mol. The molecule has 1 rings (SSSR count). The van der Waals surface area contributed by atoms with Gasteiger partial charge in [0.25, 0.3) is 0 Å². The second-order valence-corrected chi connectivity index (χ2v) is 5.90. The number of hydrogen-bond donors (Lipinski definition) is 0. The van der Waals surface area contributed by atoms with Crippen molar-refractivity contribution in [3.05, 3.63) is 28.2 Å². The van der Waals surface area contributed by atoms with Crippen LogP contribution in [0.1, 0.15) is 31.1 Å². The second kappa shape index (κ2) is 4.99. The maximum atomic E-state index is 11.4. The number of hydrogen-bond acceptors (Lipinski definition) is 2. The van der Waals surface area contributed by atoms with Gasteiger partial charge in [0.1, 0.15) is 0 Å². The molecule has 0 amide bonds. The van der Waals surface area contributed by atoms with Crippen LogP contribution in [0.15, 0.2) is 27.6 Å². The first-order valence-electron chi connectivity index (χ1n) is 4.48. The van der Waals surface area contributed by atoms with Crippen molar-refractivity contribution in [3.63, 3.8) is 0 Å². The number of ketones is 1. The zero-order valence-corrected chi connectivity index (χ0v) is 10.9. The van der Waals surface area contributed by atoms with E-state index in [2.05, 4.69) is 29.8 Å². The molecular weight excluding hydrogens is 260 g/mol. The van der Waals surface area contributed by atoms with E-state index in [1.165, 1.54) is 0 Å². The molecule has 0 aliphatic rings. The van der Waals surface area contributed by atoms with Crippen LogP contribution in [-0.2, 0) is 0 Å². The van der Waals surface area contributed by atoms with Gasteiger partial charge in [0, 0.05) is 20.2 Å². The molecule has 0 saturated carbocycles. The van der Waals surface area contributed by atoms with Gasteiger partial charge in [-0.3, -0.25) is 4.79 Å². The molecule has 3 heteroatoms. The Morgan fingerprint density at radius 2 is 2.07 bits per heavy atom. The quantitative estimate of drug-likeness (QED) is 0.607. The fourth-order valence-electron chi connectivity index (χ4n) is 1.13. The Labute approximate surface area is 97.4 Å². The first kappa shape index (κ1) is 11.8. The molecule has 0 heterocycles. The topological polar surface area (TPSA) is 17.1 Å². The Morgan fingerprint density at radius 1 is 1.43 bits per heavy atom. The highest BCUT2D eigenvalue weighted by molar-refractivity contribution is 9.10. The molecule has 1 aromatic rings. The minimum Gasteiger partial charge on any atom is -0.294 e. The molecule has 76 valence electrons. The number of Topliss-reactive ketones (excluding diaryl/α,β-unsaturated/α-hetero) is 1. The Kier molecular flexibility index (Phi) is 4.20. The van der Waals surface area contributed by atoms with Crippen LogP contribution in [0.2, 0.25) is 0 Å². The van der Waals surface area contributed by atoms with Gasteiger partial charge in [0.2, 0.25) is 0 Å². The van der Waals surface area contributed by atoms with Crippen molar-refractivity contribution < 1.29 is 4.79 Å². The van der Waals surface area contributed by atoms with Crippen LogP contribution in [0, 0.1) is 0 Å². The predicted octanol–water partition coefficient (Wildman–Crippen LogP) is 4.15. The van der Waals surface area contributed by atoms with Crippen LogP contribution in [-0.4, -0.2) is 11.0 Å². The molecule has 0 saturated heterocycles. The van der Waals surface area contributed by atoms with Crippen molar-refractivity contribution in [2.45, 2.75) is 30.9 Å². The highest BCUT2D eigenvalue weighted by atomic mass is 79.9. The van der Waals surface area contributed by atoms with Gasteiger partial charge in [-0.1, -0.05) is 29.8 Å². The van der Waals surface area contributed by atoms with E-state index in [1.54, 1.807) is 18.7 Å². The predicted molar refractivity (Wildman–Crippen MR) is 65.1 cm³/mol. The van der Waals surface area contributed by atoms with Crippen LogP contribution in [0.4, 0.5) is 0 Å². The highest BCUT2D eigenvalue weighted by Crippen LogP contribution is 2.29. The Morgan fingerprint density at radius 3 is 2.57 bits per heavy atom. The number of rotatable bonds is 3. The summed E-state index contributed by atoms with van der Waals surface area (Å²) in [5.41, 5.74) is 0.804. The molecule has 14 heavy (non-hydrogen) atoms. The molecule has 1 aromatic carbocycles. The third kappa shape index (κ3) is 3.14. The van der Waals surface area contributed by atoms with Crippen molar-refractivity contribution in [2.75, 3.05) is 0 Å². The standard InChI is InChI=1S/C11H13BrOS/c1-7(2)14-11-5-4-9(12)6-10(11)8(3)13/h4-7H,1-3H3. The maximum Gasteiger partial charge on any atom is 0.160 e. The van der Waals surface area contributed by atoms with Crippen LogP contribution >= 0.6 is 27.7 Å². The van der Waals surface area contributed by atoms with Crippen molar-refractivity contribution in [1.82, 2.24) is 0 Å². The molecule has 0 N–H and O–H groups in total. The van der Waals surface area contributed by atoms with Crippen molar-refractivity contribution >= 4 is 33.5 Å². The third-order valence-electron chi connectivity index (χ3n) is 1.68. The summed E-state index contributed by atoms with van der Waals surface area (Å²) in [6.07, 6.45) is 0. The van der Waals surface area contributed by atoms with E-state index in [-0.39, 0.29) is 5.78 Å². The van der Waals surface area contributed by atoms with E-state index in [4.69, 9.17) is 0 Å². The largest absolute Gasteiger partial charge is 0.294 e. The third-order valence-corrected chi connectivity index (χ3v) is 3.26. The average Bonchev–Trinajstić information content (AvgIpc) is 2.07. The summed E-state index contributed by atoms with van der Waals surface area (Å²) in [7, 11) is 0. The van der Waals surface area contributed by atoms with Gasteiger partial charge in [-0.05, 0) is 25.1 Å². The van der Waals surface area contributed by atoms with Gasteiger partial charge in [0.15, 0.2) is 5.78 Å². The van der Waals surface area contributed by atoms with E-state index < -0.39 is 0 Å². The lowest BCUT2D eigenvalue weighted by Gasteiger charge is -2.09. The van der Waals surface area contributed by atoms with E-state index in [0.29, 0.717) is 5.25 Å². The number of halogens is 1. The Balaban J connectivity index is 3.08. The summed E-state index contributed by atoms with van der Waals surface area (Å²) >= 11 is 5.09. The van der Waals surface area contributed by atoms with Gasteiger partial charge in [0.05, 0.1) is 0 Å². The zero-order valence-electron chi connectivity index (χ0n) is 8.50. The van der Waals surface area contributed by atoms with E-state index >= 15 is 0 Å². The van der Waals surface area contributed by atoms with Crippen molar-refractivity contribution in [3.8, 4) is 0 Å². The summed E-state index contributed by atoms with van der Waals surface area (Å²) in [6, 6.07) is 5.84. The molecule has 0 bridgehead atoms. The van der Waals surface area contributed by atoms with Gasteiger partial charge < -0.3 is 0 Å². The molecule has 0 radical (unpaired) electrons. The van der Waals surface area contributed by atoms with E-state index in [1.807, 2.05) is 18.2 Å². The van der Waals surface area contributed by atoms with Gasteiger partial charge in [-0.15, -0.1) is 11.8 Å². The van der Waals surface area contributed by atoms with E-state index in [0.717, 1.165) is 14.9 Å². The molecule has 0 spiro atoms. The molecule has 1 nitrogen and oxygen atoms in total. The lowest BCUT2D eigenvalue weighted by atomic mass is 10.1. The average molecular weight is 273 g/mol. The number of carbonyl (C=O) groups is 1. The Hall–Kier alpha value is -0.280. The first-order valence-corrected chi connectivity index (χ1v) is 6.15. The molecule has 0 aliphatic heterocycles. The minimum atomic E-state index is 0.120. The van der Waals surface area contributed by atoms with Crippen LogP contribution in [0.5, 0.6) is 0 Å². The lowest BCUT2D eigenvalue weighted by Crippen LogP contribution is -1.97. The summed E-state index contributed by atoms with van der Waals surface area (Å²) in [4.78, 5) is 12.4. The van der Waals surface area contributed by atoms with Gasteiger partial charge in [-0.2, -0.15) is 0 Å².